The van der Waals surface area contributed by atoms with Gasteiger partial charge in [-0.2, -0.15) is 5.10 Å². The molecule has 8 heteroatoms. The number of nitrogens with zero attached hydrogens (tertiary/aromatic N) is 3. The van der Waals surface area contributed by atoms with Crippen LogP contribution in [0.3, 0.4) is 0 Å². The summed E-state index contributed by atoms with van der Waals surface area (Å²) in [6, 6.07) is 19.3. The number of carbonyl (C=O) groups is 1. The third-order valence-electron chi connectivity index (χ3n) is 4.52. The van der Waals surface area contributed by atoms with E-state index >= 15 is 0 Å². The number of anilines is 1. The van der Waals surface area contributed by atoms with Crippen molar-refractivity contribution in [3.8, 4) is 16.9 Å². The maximum Gasteiger partial charge on any atom is 0.337 e. The average molecular weight is 575 g/mol. The van der Waals surface area contributed by atoms with Gasteiger partial charge in [-0.3, -0.25) is 0 Å². The Hall–Kier alpha value is -2.72. The third-order valence-corrected chi connectivity index (χ3v) is 5.87. The van der Waals surface area contributed by atoms with Crippen molar-refractivity contribution in [2.75, 3.05) is 5.32 Å². The van der Waals surface area contributed by atoms with Crippen molar-refractivity contribution >= 4 is 50.2 Å². The van der Waals surface area contributed by atoms with Gasteiger partial charge in [0.15, 0.2) is 0 Å². The Morgan fingerprint density at radius 2 is 1.83 bits per heavy atom. The van der Waals surface area contributed by atoms with E-state index in [9.17, 15) is 9.90 Å². The molecule has 150 valence electrons. The maximum atomic E-state index is 11.6. The number of aromatic nitrogens is 3. The van der Waals surface area contributed by atoms with Crippen LogP contribution in [0.2, 0.25) is 0 Å². The normalized spacial score (nSPS) is 10.7. The molecule has 2 aromatic heterocycles. The van der Waals surface area contributed by atoms with Crippen LogP contribution in [0.5, 0.6) is 0 Å². The zero-order valence-corrected chi connectivity index (χ0v) is 19.3. The summed E-state index contributed by atoms with van der Waals surface area (Å²) in [5.41, 5.74) is 4.38. The van der Waals surface area contributed by atoms with Crippen molar-refractivity contribution in [1.29, 1.82) is 0 Å². The quantitative estimate of drug-likeness (QED) is 0.231. The SMILES string of the molecule is O=C(O)c1ccnc(I)c1NCc1cn(-c2ccccc2)nc1-c1ccc(Br)cc1. The summed E-state index contributed by atoms with van der Waals surface area (Å²) in [4.78, 5) is 15.8. The lowest BCUT2D eigenvalue weighted by Gasteiger charge is -2.11. The molecule has 0 saturated carbocycles. The van der Waals surface area contributed by atoms with Crippen molar-refractivity contribution in [2.45, 2.75) is 6.54 Å². The second-order valence-electron chi connectivity index (χ2n) is 6.47. The van der Waals surface area contributed by atoms with Gasteiger partial charge >= 0.3 is 5.97 Å². The molecule has 0 atom stereocenters. The van der Waals surface area contributed by atoms with E-state index in [0.717, 1.165) is 27.0 Å². The van der Waals surface area contributed by atoms with Crippen molar-refractivity contribution < 1.29 is 9.90 Å². The number of hydrogen-bond acceptors (Lipinski definition) is 4. The fraction of sp³-hybridized carbons (Fsp3) is 0.0455. The van der Waals surface area contributed by atoms with E-state index in [2.05, 4.69) is 26.2 Å². The molecule has 0 radical (unpaired) electrons. The van der Waals surface area contributed by atoms with E-state index < -0.39 is 5.97 Å². The first-order chi connectivity index (χ1) is 14.5. The largest absolute Gasteiger partial charge is 0.478 e. The van der Waals surface area contributed by atoms with Crippen molar-refractivity contribution in [3.05, 3.63) is 92.4 Å². The highest BCUT2D eigenvalue weighted by Gasteiger charge is 2.16. The number of rotatable bonds is 6. The number of nitrogens with one attached hydrogen (secondary N) is 1. The molecule has 0 amide bonds. The number of carboxylic acids is 1. The first-order valence-corrected chi connectivity index (χ1v) is 10.9. The Morgan fingerprint density at radius 1 is 1.10 bits per heavy atom. The van der Waals surface area contributed by atoms with Crippen LogP contribution in [0.25, 0.3) is 16.9 Å². The molecule has 0 unspecified atom stereocenters. The van der Waals surface area contributed by atoms with E-state index in [1.807, 2.05) is 88.1 Å². The van der Waals surface area contributed by atoms with E-state index in [1.165, 1.54) is 12.3 Å². The Kier molecular flexibility index (Phi) is 6.14. The lowest BCUT2D eigenvalue weighted by atomic mass is 10.1. The molecule has 0 aliphatic heterocycles. The van der Waals surface area contributed by atoms with E-state index in [1.54, 1.807) is 0 Å². The van der Waals surface area contributed by atoms with E-state index in [0.29, 0.717) is 15.9 Å². The highest BCUT2D eigenvalue weighted by atomic mass is 127. The van der Waals surface area contributed by atoms with Gasteiger partial charge in [-0.05, 0) is 52.9 Å². The highest BCUT2D eigenvalue weighted by molar-refractivity contribution is 14.1. The second-order valence-corrected chi connectivity index (χ2v) is 8.41. The first kappa shape index (κ1) is 20.5. The highest BCUT2D eigenvalue weighted by Crippen LogP contribution is 2.28. The Labute approximate surface area is 195 Å². The molecule has 6 nitrogen and oxygen atoms in total. The Balaban J connectivity index is 1.73. The average Bonchev–Trinajstić information content (AvgIpc) is 3.18. The van der Waals surface area contributed by atoms with Gasteiger partial charge in [0, 0.05) is 34.5 Å². The second kappa shape index (κ2) is 8.97. The maximum absolute atomic E-state index is 11.6. The number of pyridine rings is 1. The van der Waals surface area contributed by atoms with Crippen LogP contribution in [0.4, 0.5) is 5.69 Å². The predicted molar refractivity (Wildman–Crippen MR) is 128 cm³/mol. The molecule has 4 rings (SSSR count). The monoisotopic (exact) mass is 574 g/mol. The fourth-order valence-corrected chi connectivity index (χ4v) is 3.98. The van der Waals surface area contributed by atoms with E-state index in [-0.39, 0.29) is 5.56 Å². The molecule has 2 N–H and O–H groups in total. The van der Waals surface area contributed by atoms with Crippen LogP contribution in [0, 0.1) is 3.70 Å². The van der Waals surface area contributed by atoms with Crippen LogP contribution in [-0.4, -0.2) is 25.8 Å². The molecular formula is C22H16BrIN4O2. The fourth-order valence-electron chi connectivity index (χ4n) is 3.07. The third kappa shape index (κ3) is 4.39. The number of hydrogen-bond donors (Lipinski definition) is 2. The van der Waals surface area contributed by atoms with Crippen molar-refractivity contribution in [1.82, 2.24) is 14.8 Å². The molecule has 2 aromatic carbocycles. The Morgan fingerprint density at radius 3 is 2.53 bits per heavy atom. The summed E-state index contributed by atoms with van der Waals surface area (Å²) in [6.07, 6.45) is 3.46. The molecule has 2 heterocycles. The number of para-hydroxylation sites is 1. The number of benzene rings is 2. The summed E-state index contributed by atoms with van der Waals surface area (Å²) < 4.78 is 3.43. The van der Waals surface area contributed by atoms with Gasteiger partial charge in [0.25, 0.3) is 0 Å². The minimum absolute atomic E-state index is 0.190. The van der Waals surface area contributed by atoms with Crippen molar-refractivity contribution in [3.63, 3.8) is 0 Å². The molecular weight excluding hydrogens is 559 g/mol. The zero-order chi connectivity index (χ0) is 21.1. The molecule has 0 spiro atoms. The van der Waals surface area contributed by atoms with Gasteiger partial charge < -0.3 is 10.4 Å². The summed E-state index contributed by atoms with van der Waals surface area (Å²) in [5.74, 6) is -0.995. The lowest BCUT2D eigenvalue weighted by molar-refractivity contribution is 0.0697. The molecule has 0 bridgehead atoms. The smallest absolute Gasteiger partial charge is 0.337 e. The predicted octanol–water partition coefficient (Wildman–Crippen LogP) is 5.61. The van der Waals surface area contributed by atoms with Crippen LogP contribution < -0.4 is 5.32 Å². The lowest BCUT2D eigenvalue weighted by Crippen LogP contribution is -2.09. The van der Waals surface area contributed by atoms with Crippen LogP contribution in [0.1, 0.15) is 15.9 Å². The summed E-state index contributed by atoms with van der Waals surface area (Å²) in [7, 11) is 0. The van der Waals surface area contributed by atoms with Crippen LogP contribution >= 0.6 is 38.5 Å². The first-order valence-electron chi connectivity index (χ1n) is 9.04. The topological polar surface area (TPSA) is 80.0 Å². The minimum atomic E-state index is -0.995. The molecule has 0 aliphatic carbocycles. The molecule has 0 saturated heterocycles. The van der Waals surface area contributed by atoms with Crippen molar-refractivity contribution in [2.24, 2.45) is 0 Å². The summed E-state index contributed by atoms with van der Waals surface area (Å²) in [5, 5.41) is 17.6. The van der Waals surface area contributed by atoms with Gasteiger partial charge in [-0.25, -0.2) is 14.5 Å². The van der Waals surface area contributed by atoms with Crippen LogP contribution in [-0.2, 0) is 6.54 Å². The van der Waals surface area contributed by atoms with Gasteiger partial charge in [0.1, 0.15) is 3.70 Å². The number of carboxylic acid groups (broad SMARTS) is 1. The van der Waals surface area contributed by atoms with Gasteiger partial charge in [-0.15, -0.1) is 0 Å². The standard InChI is InChI=1S/C22H16BrIN4O2/c23-16-8-6-14(7-9-16)19-15(13-28(27-19)17-4-2-1-3-5-17)12-26-20-18(22(29)30)10-11-25-21(20)24/h1-11,13,26H,12H2,(H,29,30). The number of aromatic carboxylic acids is 1. The Bertz CT molecular complexity index is 1190. The minimum Gasteiger partial charge on any atom is -0.478 e. The zero-order valence-electron chi connectivity index (χ0n) is 15.6. The number of halogens is 2. The van der Waals surface area contributed by atoms with Gasteiger partial charge in [0.2, 0.25) is 0 Å². The molecule has 30 heavy (non-hydrogen) atoms. The summed E-state index contributed by atoms with van der Waals surface area (Å²) in [6.45, 7) is 0.403. The van der Waals surface area contributed by atoms with Crippen LogP contribution in [0.15, 0.2) is 77.5 Å². The van der Waals surface area contributed by atoms with Gasteiger partial charge in [-0.1, -0.05) is 46.3 Å². The van der Waals surface area contributed by atoms with E-state index in [4.69, 9.17) is 5.10 Å². The van der Waals surface area contributed by atoms with Gasteiger partial charge in [0.05, 0.1) is 22.6 Å². The summed E-state index contributed by atoms with van der Waals surface area (Å²) >= 11 is 5.51. The molecule has 0 aliphatic rings. The molecule has 4 aromatic rings. The molecule has 0 fully saturated rings.